The van der Waals surface area contributed by atoms with Gasteiger partial charge in [0.05, 0.1) is 21.7 Å². The normalized spacial score (nSPS) is 13.0. The number of carbonyl (C=O) groups is 1. The number of aromatic nitrogens is 1. The molecule has 1 aromatic heterocycles. The van der Waals surface area contributed by atoms with Crippen molar-refractivity contribution in [3.63, 3.8) is 0 Å². The molecule has 13 heteroatoms. The van der Waals surface area contributed by atoms with Crippen LogP contribution >= 0.6 is 23.2 Å². The monoisotopic (exact) mass is 927 g/mol. The third-order valence-corrected chi connectivity index (χ3v) is 12.3. The van der Waals surface area contributed by atoms with Gasteiger partial charge in [-0.05, 0) is 110 Å². The van der Waals surface area contributed by atoms with E-state index >= 15 is 0 Å². The SMILES string of the molecule is CCc1cc(Cl)c(OCc2cccc(-c3cccc(COc4cc(OCc5cncc(C#N)c5)c(CN(CC)C(C)CC(C)OC=O)cc4Cl)c3C)c2C)cc1OCC1=CNCC(C#N)=C1. The molecule has 1 aliphatic heterocycles. The predicted octanol–water partition coefficient (Wildman–Crippen LogP) is 11.3. The van der Waals surface area contributed by atoms with Crippen molar-refractivity contribution in [3.8, 4) is 46.3 Å². The Kier molecular flexibility index (Phi) is 17.5. The molecule has 342 valence electrons. The van der Waals surface area contributed by atoms with E-state index in [1.54, 1.807) is 12.3 Å². The predicted molar refractivity (Wildman–Crippen MR) is 258 cm³/mol. The van der Waals surface area contributed by atoms with Crippen LogP contribution in [0.3, 0.4) is 0 Å². The van der Waals surface area contributed by atoms with Gasteiger partial charge in [0.25, 0.3) is 6.47 Å². The molecule has 11 nitrogen and oxygen atoms in total. The third-order valence-electron chi connectivity index (χ3n) is 11.7. The quantitative estimate of drug-likeness (QED) is 0.0664. The Labute approximate surface area is 398 Å². The zero-order valence-corrected chi connectivity index (χ0v) is 39.8. The van der Waals surface area contributed by atoms with Crippen molar-refractivity contribution in [2.45, 2.75) is 92.9 Å². The van der Waals surface area contributed by atoms with Crippen LogP contribution in [0.2, 0.25) is 10.0 Å². The minimum atomic E-state index is -0.234. The van der Waals surface area contributed by atoms with Crippen LogP contribution < -0.4 is 24.3 Å². The average molecular weight is 929 g/mol. The average Bonchev–Trinajstić information content (AvgIpc) is 3.32. The highest BCUT2D eigenvalue weighted by atomic mass is 35.5. The summed E-state index contributed by atoms with van der Waals surface area (Å²) in [4.78, 5) is 17.4. The Balaban J connectivity index is 1.19. The smallest absolute Gasteiger partial charge is 0.293 e. The van der Waals surface area contributed by atoms with Gasteiger partial charge in [-0.3, -0.25) is 14.7 Å². The fourth-order valence-electron chi connectivity index (χ4n) is 7.91. The maximum Gasteiger partial charge on any atom is 0.293 e. The summed E-state index contributed by atoms with van der Waals surface area (Å²) in [6.45, 7) is 15.6. The van der Waals surface area contributed by atoms with Gasteiger partial charge in [-0.15, -0.1) is 0 Å². The number of hydrogen-bond donors (Lipinski definition) is 1. The molecule has 2 atom stereocenters. The molecule has 2 heterocycles. The topological polar surface area (TPSA) is 139 Å². The van der Waals surface area contributed by atoms with Crippen molar-refractivity contribution in [2.24, 2.45) is 0 Å². The van der Waals surface area contributed by atoms with E-state index in [0.717, 1.165) is 68.6 Å². The fraction of sp³-hybridized carbons (Fsp3) is 0.321. The molecule has 0 spiro atoms. The number of carbonyl (C=O) groups excluding carboxylic acids is 1. The van der Waals surface area contributed by atoms with E-state index in [-0.39, 0.29) is 32.0 Å². The molecule has 1 aliphatic rings. The first kappa shape index (κ1) is 48.9. The summed E-state index contributed by atoms with van der Waals surface area (Å²) in [6, 6.07) is 26.0. The highest BCUT2D eigenvalue weighted by Gasteiger charge is 2.21. The van der Waals surface area contributed by atoms with Crippen molar-refractivity contribution in [1.82, 2.24) is 15.2 Å². The van der Waals surface area contributed by atoms with Crippen molar-refractivity contribution >= 4 is 29.7 Å². The lowest BCUT2D eigenvalue weighted by Crippen LogP contribution is -2.35. The summed E-state index contributed by atoms with van der Waals surface area (Å²) < 4.78 is 30.7. The number of dihydropyridines is 1. The largest absolute Gasteiger partial charge is 0.488 e. The van der Waals surface area contributed by atoms with Crippen LogP contribution in [-0.2, 0) is 42.3 Å². The molecule has 0 amide bonds. The van der Waals surface area contributed by atoms with Crippen LogP contribution in [-0.4, -0.2) is 48.2 Å². The number of nitrogens with one attached hydrogen (secondary N) is 1. The van der Waals surface area contributed by atoms with Crippen LogP contribution in [0.1, 0.15) is 78.6 Å². The Morgan fingerprint density at radius 2 is 1.38 bits per heavy atom. The number of rotatable bonds is 22. The standard InChI is InChI=1S/C53H55Cl2N5O6/c1-7-42-18-48(54)52(20-50(42)62-29-40-16-38(22-56)24-58-26-40)64-31-43-11-9-13-46(36(43)5)47-14-10-12-44(37(47)6)32-65-53-21-51(63-30-41-17-39(23-57)25-59-27-41)45(19-49(53)55)28-60(8-2)34(3)15-35(4)66-33-61/h9-14,16-21,25-27,33-35,58H,7-8,15,24,28-32H2,1-6H3. The number of halogens is 2. The molecule has 6 rings (SSSR count). The molecule has 0 saturated carbocycles. The second kappa shape index (κ2) is 23.6. The molecule has 0 saturated heterocycles. The molecule has 1 N–H and O–H groups in total. The lowest BCUT2D eigenvalue weighted by Gasteiger charge is -2.30. The van der Waals surface area contributed by atoms with Gasteiger partial charge in [0.2, 0.25) is 0 Å². The van der Waals surface area contributed by atoms with Crippen molar-refractivity contribution in [2.75, 3.05) is 19.7 Å². The van der Waals surface area contributed by atoms with Gasteiger partial charge in [0.1, 0.15) is 61.6 Å². The molecular formula is C53H55Cl2N5O6. The first-order valence-corrected chi connectivity index (χ1v) is 22.7. The van der Waals surface area contributed by atoms with Crippen LogP contribution in [0.5, 0.6) is 23.0 Å². The summed E-state index contributed by atoms with van der Waals surface area (Å²) in [5, 5.41) is 22.8. The minimum Gasteiger partial charge on any atom is -0.488 e. The number of nitriles is 2. The van der Waals surface area contributed by atoms with Gasteiger partial charge in [0, 0.05) is 72.1 Å². The first-order chi connectivity index (χ1) is 31.9. The van der Waals surface area contributed by atoms with Crippen molar-refractivity contribution < 1.29 is 28.5 Å². The summed E-state index contributed by atoms with van der Waals surface area (Å²) in [5.74, 6) is 2.26. The highest BCUT2D eigenvalue weighted by molar-refractivity contribution is 6.32. The molecular weight excluding hydrogens is 874 g/mol. The minimum absolute atomic E-state index is 0.0907. The van der Waals surface area contributed by atoms with Crippen LogP contribution in [0, 0.1) is 36.5 Å². The molecule has 0 radical (unpaired) electrons. The van der Waals surface area contributed by atoms with Crippen LogP contribution in [0.15, 0.2) is 103 Å². The zero-order valence-electron chi connectivity index (χ0n) is 38.3. The summed E-state index contributed by atoms with van der Waals surface area (Å²) in [5.41, 5.74) is 10.8. The maximum absolute atomic E-state index is 11.0. The van der Waals surface area contributed by atoms with E-state index in [1.165, 1.54) is 6.20 Å². The Bertz CT molecular complexity index is 2670. The molecule has 66 heavy (non-hydrogen) atoms. The molecule has 5 aromatic rings. The van der Waals surface area contributed by atoms with Crippen LogP contribution in [0.4, 0.5) is 0 Å². The Morgan fingerprint density at radius 3 is 1.97 bits per heavy atom. The number of pyridine rings is 1. The lowest BCUT2D eigenvalue weighted by atomic mass is 9.92. The van der Waals surface area contributed by atoms with Gasteiger partial charge in [-0.1, -0.05) is 73.4 Å². The summed E-state index contributed by atoms with van der Waals surface area (Å²) >= 11 is 13.7. The Hall–Kier alpha value is -6.50. The third kappa shape index (κ3) is 12.6. The van der Waals surface area contributed by atoms with E-state index in [0.29, 0.717) is 76.8 Å². The molecule has 0 bridgehead atoms. The van der Waals surface area contributed by atoms with Crippen molar-refractivity contribution in [1.29, 1.82) is 10.5 Å². The van der Waals surface area contributed by atoms with Gasteiger partial charge in [-0.25, -0.2) is 0 Å². The maximum atomic E-state index is 11.0. The number of ether oxygens (including phenoxy) is 5. The van der Waals surface area contributed by atoms with Gasteiger partial charge in [-0.2, -0.15) is 10.5 Å². The van der Waals surface area contributed by atoms with E-state index in [1.807, 2.05) is 68.6 Å². The van der Waals surface area contributed by atoms with Gasteiger partial charge < -0.3 is 29.0 Å². The van der Waals surface area contributed by atoms with E-state index in [2.05, 4.69) is 73.2 Å². The number of nitrogens with zero attached hydrogens (tertiary/aromatic N) is 4. The summed E-state index contributed by atoms with van der Waals surface area (Å²) in [6.07, 6.45) is 8.05. The fourth-order valence-corrected chi connectivity index (χ4v) is 8.39. The second-order valence-corrected chi connectivity index (χ2v) is 17.0. The number of benzene rings is 4. The van der Waals surface area contributed by atoms with E-state index in [4.69, 9.17) is 46.9 Å². The number of hydrogen-bond acceptors (Lipinski definition) is 11. The molecule has 0 aliphatic carbocycles. The second-order valence-electron chi connectivity index (χ2n) is 16.2. The van der Waals surface area contributed by atoms with Gasteiger partial charge >= 0.3 is 0 Å². The lowest BCUT2D eigenvalue weighted by molar-refractivity contribution is -0.133. The number of aryl methyl sites for hydroxylation is 1. The molecule has 2 unspecified atom stereocenters. The summed E-state index contributed by atoms with van der Waals surface area (Å²) in [7, 11) is 0. The Morgan fingerprint density at radius 1 is 0.773 bits per heavy atom. The van der Waals surface area contributed by atoms with E-state index in [9.17, 15) is 15.3 Å². The molecule has 4 aromatic carbocycles. The molecule has 0 fully saturated rings. The van der Waals surface area contributed by atoms with Crippen LogP contribution in [0.25, 0.3) is 11.1 Å². The van der Waals surface area contributed by atoms with Gasteiger partial charge in [0.15, 0.2) is 0 Å². The first-order valence-electron chi connectivity index (χ1n) is 22.0. The highest BCUT2D eigenvalue weighted by Crippen LogP contribution is 2.38. The van der Waals surface area contributed by atoms with Crippen molar-refractivity contribution in [3.05, 3.63) is 157 Å². The van der Waals surface area contributed by atoms with E-state index < -0.39 is 0 Å². The zero-order chi connectivity index (χ0) is 47.2.